The maximum atomic E-state index is 10.3. The lowest BCUT2D eigenvalue weighted by molar-refractivity contribution is 0.152. The second kappa shape index (κ2) is 13.0. The minimum Gasteiger partial charge on any atom is -0.472 e. The van der Waals surface area contributed by atoms with E-state index in [1.807, 2.05) is 60.7 Å². The number of fused-ring (bicyclic) bond motifs is 3. The Morgan fingerprint density at radius 2 is 0.923 bits per heavy atom. The Kier molecular flexibility index (Phi) is 7.76. The van der Waals surface area contributed by atoms with Gasteiger partial charge in [0.2, 0.25) is 0 Å². The fourth-order valence-corrected chi connectivity index (χ4v) is 7.43. The van der Waals surface area contributed by atoms with Crippen molar-refractivity contribution < 1.29 is 4.74 Å². The number of rotatable bonds is 6. The van der Waals surface area contributed by atoms with Crippen LogP contribution in [0.15, 0.2) is 194 Å². The number of nitrogens with zero attached hydrogens (tertiary/aromatic N) is 2. The molecule has 1 aliphatic heterocycles. The average Bonchev–Trinajstić information content (AvgIpc) is 3.24. The van der Waals surface area contributed by atoms with Gasteiger partial charge < -0.3 is 4.74 Å². The number of hydrogen-bond acceptors (Lipinski definition) is 3. The van der Waals surface area contributed by atoms with E-state index >= 15 is 0 Å². The van der Waals surface area contributed by atoms with Gasteiger partial charge in [-0.3, -0.25) is 0 Å². The van der Waals surface area contributed by atoms with Gasteiger partial charge in [0.25, 0.3) is 0 Å². The molecule has 0 N–H and O–H groups in total. The Morgan fingerprint density at radius 1 is 0.423 bits per heavy atom. The first kappa shape index (κ1) is 31.0. The van der Waals surface area contributed by atoms with Gasteiger partial charge >= 0.3 is 0 Å². The number of pyridine rings is 1. The molecule has 2 heterocycles. The molecule has 7 aromatic carbocycles. The van der Waals surface area contributed by atoms with Gasteiger partial charge in [0.05, 0.1) is 23.0 Å². The first-order chi connectivity index (χ1) is 25.7. The largest absolute Gasteiger partial charge is 0.472 e. The van der Waals surface area contributed by atoms with E-state index in [0.717, 1.165) is 78.3 Å². The highest BCUT2D eigenvalue weighted by Gasteiger charge is 2.44. The lowest BCUT2D eigenvalue weighted by Crippen LogP contribution is -2.38. The Hall–Kier alpha value is -7.02. The molecule has 0 bridgehead atoms. The van der Waals surface area contributed by atoms with Gasteiger partial charge in [0.15, 0.2) is 5.60 Å². The number of hydrogen-bond donors (Lipinski definition) is 0. The maximum Gasteiger partial charge on any atom is 0.185 e. The summed E-state index contributed by atoms with van der Waals surface area (Å²) in [4.78, 5) is 5.07. The highest BCUT2D eigenvalue weighted by molar-refractivity contribution is 5.85. The van der Waals surface area contributed by atoms with Crippen molar-refractivity contribution in [1.29, 1.82) is 5.26 Å². The molecule has 0 unspecified atom stereocenters. The number of ether oxygens (including phenoxy) is 1. The van der Waals surface area contributed by atoms with Gasteiger partial charge in [-0.25, -0.2) is 4.98 Å². The van der Waals surface area contributed by atoms with Crippen molar-refractivity contribution in [3.05, 3.63) is 216 Å². The molecular weight excluding hydrogens is 633 g/mol. The molecule has 244 valence electrons. The second-order valence-electron chi connectivity index (χ2n) is 13.0. The SMILES string of the molecule is N#Cc1cc(-c2cc(-c3ccccc3)nc(-c3ccccc3)c2)cc(-c2ccc3c(c2)OC(c2ccccc2)(c2ccccc2)c2ccccc2-3)c1. The average molecular weight is 665 g/mol. The molecular formula is C49H32N2O. The van der Waals surface area contributed by atoms with Crippen LogP contribution in [0.25, 0.3) is 55.9 Å². The maximum absolute atomic E-state index is 10.3. The summed E-state index contributed by atoms with van der Waals surface area (Å²) in [5, 5.41) is 10.3. The van der Waals surface area contributed by atoms with Gasteiger partial charge in [-0.05, 0) is 64.2 Å². The molecule has 0 spiro atoms. The van der Waals surface area contributed by atoms with Crippen molar-refractivity contribution in [3.8, 4) is 67.7 Å². The molecule has 8 aromatic rings. The molecule has 0 saturated heterocycles. The fraction of sp³-hybridized carbons (Fsp3) is 0.0204. The standard InChI is InChI=1S/C49H32N2O/c50-33-34-27-38(29-39(28-34)40-30-46(35-15-5-1-6-16-35)51-47(31-40)36-17-7-2-8-18-36)37-25-26-44-43-23-13-14-24-45(43)49(52-48(44)32-37,41-19-9-3-10-20-41)42-21-11-4-12-22-42/h1-32H. The number of benzene rings is 7. The number of nitriles is 1. The van der Waals surface area contributed by atoms with Crippen LogP contribution in [0.4, 0.5) is 0 Å². The summed E-state index contributed by atoms with van der Waals surface area (Å²) < 4.78 is 7.31. The van der Waals surface area contributed by atoms with E-state index in [2.05, 4.69) is 140 Å². The van der Waals surface area contributed by atoms with Gasteiger partial charge in [-0.1, -0.05) is 158 Å². The minimum atomic E-state index is -0.858. The van der Waals surface area contributed by atoms with E-state index in [1.54, 1.807) is 0 Å². The molecule has 52 heavy (non-hydrogen) atoms. The van der Waals surface area contributed by atoms with Gasteiger partial charge in [0, 0.05) is 33.4 Å². The molecule has 0 atom stereocenters. The van der Waals surface area contributed by atoms with Crippen molar-refractivity contribution in [2.24, 2.45) is 0 Å². The summed E-state index contributed by atoms with van der Waals surface area (Å²) in [5.41, 5.74) is 12.7. The van der Waals surface area contributed by atoms with Crippen LogP contribution < -0.4 is 4.74 Å². The zero-order chi connectivity index (χ0) is 34.9. The Balaban J connectivity index is 1.21. The summed E-state index contributed by atoms with van der Waals surface area (Å²) in [6.07, 6.45) is 0. The molecule has 1 aliphatic rings. The third kappa shape index (κ3) is 5.44. The van der Waals surface area contributed by atoms with Crippen LogP contribution in [0.2, 0.25) is 0 Å². The molecule has 0 saturated carbocycles. The van der Waals surface area contributed by atoms with Gasteiger partial charge in [0.1, 0.15) is 5.75 Å². The van der Waals surface area contributed by atoms with Crippen LogP contribution >= 0.6 is 0 Å². The highest BCUT2D eigenvalue weighted by Crippen LogP contribution is 2.52. The van der Waals surface area contributed by atoms with Crippen LogP contribution in [0.3, 0.4) is 0 Å². The normalized spacial score (nSPS) is 12.5. The lowest BCUT2D eigenvalue weighted by Gasteiger charge is -2.41. The van der Waals surface area contributed by atoms with Crippen molar-refractivity contribution in [3.63, 3.8) is 0 Å². The van der Waals surface area contributed by atoms with Crippen molar-refractivity contribution in [1.82, 2.24) is 4.98 Å². The third-order valence-corrected chi connectivity index (χ3v) is 9.90. The lowest BCUT2D eigenvalue weighted by atomic mass is 9.75. The Morgan fingerprint density at radius 3 is 1.50 bits per heavy atom. The van der Waals surface area contributed by atoms with Crippen LogP contribution in [0.5, 0.6) is 5.75 Å². The van der Waals surface area contributed by atoms with Crippen molar-refractivity contribution in [2.45, 2.75) is 5.60 Å². The summed E-state index contributed by atoms with van der Waals surface area (Å²) >= 11 is 0. The summed E-state index contributed by atoms with van der Waals surface area (Å²) in [7, 11) is 0. The van der Waals surface area contributed by atoms with Crippen LogP contribution in [-0.2, 0) is 5.60 Å². The first-order valence-electron chi connectivity index (χ1n) is 17.4. The molecule has 0 amide bonds. The fourth-order valence-electron chi connectivity index (χ4n) is 7.43. The number of aromatic nitrogens is 1. The smallest absolute Gasteiger partial charge is 0.185 e. The molecule has 9 rings (SSSR count). The van der Waals surface area contributed by atoms with Gasteiger partial charge in [-0.2, -0.15) is 5.26 Å². The molecule has 3 heteroatoms. The molecule has 0 aliphatic carbocycles. The predicted octanol–water partition coefficient (Wildman–Crippen LogP) is 12.0. The van der Waals surface area contributed by atoms with Crippen molar-refractivity contribution in [2.75, 3.05) is 0 Å². The van der Waals surface area contributed by atoms with E-state index in [4.69, 9.17) is 9.72 Å². The molecule has 3 nitrogen and oxygen atoms in total. The van der Waals surface area contributed by atoms with Crippen LogP contribution in [0.1, 0.15) is 22.3 Å². The van der Waals surface area contributed by atoms with Crippen molar-refractivity contribution >= 4 is 0 Å². The summed E-state index contributed by atoms with van der Waals surface area (Å²) in [6, 6.07) is 69.1. The van der Waals surface area contributed by atoms with Crippen LogP contribution in [-0.4, -0.2) is 4.98 Å². The summed E-state index contributed by atoms with van der Waals surface area (Å²) in [5.74, 6) is 0.787. The van der Waals surface area contributed by atoms with Crippen LogP contribution in [0, 0.1) is 11.3 Å². The van der Waals surface area contributed by atoms with E-state index in [-0.39, 0.29) is 0 Å². The minimum absolute atomic E-state index is 0.582. The van der Waals surface area contributed by atoms with E-state index in [9.17, 15) is 5.26 Å². The Labute approximate surface area is 303 Å². The zero-order valence-corrected chi connectivity index (χ0v) is 28.3. The van der Waals surface area contributed by atoms with E-state index in [1.165, 1.54) is 0 Å². The zero-order valence-electron chi connectivity index (χ0n) is 28.3. The molecule has 0 radical (unpaired) electrons. The quantitative estimate of drug-likeness (QED) is 0.178. The monoisotopic (exact) mass is 664 g/mol. The van der Waals surface area contributed by atoms with E-state index in [0.29, 0.717) is 5.56 Å². The van der Waals surface area contributed by atoms with E-state index < -0.39 is 5.60 Å². The Bertz CT molecular complexity index is 2500. The highest BCUT2D eigenvalue weighted by atomic mass is 16.5. The summed E-state index contributed by atoms with van der Waals surface area (Å²) in [6.45, 7) is 0. The third-order valence-electron chi connectivity index (χ3n) is 9.90. The second-order valence-corrected chi connectivity index (χ2v) is 13.0. The topological polar surface area (TPSA) is 45.9 Å². The first-order valence-corrected chi connectivity index (χ1v) is 17.4. The van der Waals surface area contributed by atoms with Gasteiger partial charge in [-0.15, -0.1) is 0 Å². The predicted molar refractivity (Wildman–Crippen MR) is 210 cm³/mol. The molecule has 1 aromatic heterocycles. The molecule has 0 fully saturated rings.